The van der Waals surface area contributed by atoms with E-state index in [4.69, 9.17) is 4.74 Å². The second-order valence-electron chi connectivity index (χ2n) is 5.04. The van der Waals surface area contributed by atoms with Crippen molar-refractivity contribution in [2.75, 3.05) is 6.61 Å². The average molecular weight is 280 g/mol. The Morgan fingerprint density at radius 2 is 1.76 bits per heavy atom. The van der Waals surface area contributed by atoms with Gasteiger partial charge in [-0.05, 0) is 24.6 Å². The van der Waals surface area contributed by atoms with Gasteiger partial charge in [0.2, 0.25) is 0 Å². The zero-order chi connectivity index (χ0) is 15.0. The summed E-state index contributed by atoms with van der Waals surface area (Å²) in [4.78, 5) is 12.2. The van der Waals surface area contributed by atoms with Crippen LogP contribution in [-0.4, -0.2) is 17.7 Å². The van der Waals surface area contributed by atoms with Crippen molar-refractivity contribution in [2.45, 2.75) is 13.8 Å². The van der Waals surface area contributed by atoms with Crippen LogP contribution >= 0.6 is 0 Å². The van der Waals surface area contributed by atoms with Crippen LogP contribution in [0.2, 0.25) is 0 Å². The van der Waals surface area contributed by atoms with Crippen molar-refractivity contribution < 1.29 is 14.6 Å². The van der Waals surface area contributed by atoms with Crippen molar-refractivity contribution in [3.8, 4) is 5.75 Å². The number of rotatable bonds is 2. The van der Waals surface area contributed by atoms with Gasteiger partial charge in [-0.2, -0.15) is 0 Å². The van der Waals surface area contributed by atoms with Crippen molar-refractivity contribution in [2.24, 2.45) is 0 Å². The van der Waals surface area contributed by atoms with Crippen molar-refractivity contribution >= 4 is 27.5 Å². The number of esters is 1. The Kier molecular flexibility index (Phi) is 3.26. The van der Waals surface area contributed by atoms with Gasteiger partial charge in [0.05, 0.1) is 6.61 Å². The molecule has 0 aromatic heterocycles. The van der Waals surface area contributed by atoms with E-state index in [0.717, 1.165) is 21.7 Å². The van der Waals surface area contributed by atoms with Gasteiger partial charge in [-0.1, -0.05) is 48.0 Å². The number of benzene rings is 3. The van der Waals surface area contributed by atoms with Crippen LogP contribution in [0.3, 0.4) is 0 Å². The van der Waals surface area contributed by atoms with E-state index in [1.807, 2.05) is 49.4 Å². The molecule has 106 valence electrons. The minimum absolute atomic E-state index is 0.0135. The Bertz CT molecular complexity index is 850. The van der Waals surface area contributed by atoms with Crippen LogP contribution in [0, 0.1) is 6.92 Å². The molecule has 1 N–H and O–H groups in total. The number of aromatic hydroxyl groups is 1. The highest BCUT2D eigenvalue weighted by atomic mass is 16.5. The first-order valence-electron chi connectivity index (χ1n) is 6.94. The van der Waals surface area contributed by atoms with Gasteiger partial charge in [0.25, 0.3) is 0 Å². The lowest BCUT2D eigenvalue weighted by atomic mass is 9.95. The molecule has 0 heterocycles. The number of hydrogen-bond donors (Lipinski definition) is 1. The van der Waals surface area contributed by atoms with Crippen molar-refractivity contribution in [1.29, 1.82) is 0 Å². The number of carbonyl (C=O) groups excluding carboxylic acids is 1. The Hall–Kier alpha value is -2.55. The zero-order valence-corrected chi connectivity index (χ0v) is 12.0. The predicted molar refractivity (Wildman–Crippen MR) is 83.8 cm³/mol. The molecule has 21 heavy (non-hydrogen) atoms. The first-order chi connectivity index (χ1) is 10.1. The molecule has 0 radical (unpaired) electrons. The van der Waals surface area contributed by atoms with Crippen molar-refractivity contribution in [3.05, 3.63) is 53.6 Å². The Morgan fingerprint density at radius 3 is 2.48 bits per heavy atom. The van der Waals surface area contributed by atoms with Crippen LogP contribution in [-0.2, 0) is 4.74 Å². The van der Waals surface area contributed by atoms with Gasteiger partial charge < -0.3 is 9.84 Å². The molecule has 0 aliphatic carbocycles. The lowest BCUT2D eigenvalue weighted by molar-refractivity contribution is 0.0526. The van der Waals surface area contributed by atoms with Gasteiger partial charge in [-0.3, -0.25) is 0 Å². The van der Waals surface area contributed by atoms with Gasteiger partial charge in [-0.15, -0.1) is 0 Å². The summed E-state index contributed by atoms with van der Waals surface area (Å²) in [5.41, 5.74) is 1.35. The van der Waals surface area contributed by atoms with E-state index in [1.54, 1.807) is 6.92 Å². The van der Waals surface area contributed by atoms with Gasteiger partial charge >= 0.3 is 5.97 Å². The molecule has 0 atom stereocenters. The van der Waals surface area contributed by atoms with Crippen LogP contribution < -0.4 is 0 Å². The van der Waals surface area contributed by atoms with Gasteiger partial charge in [0, 0.05) is 10.8 Å². The largest absolute Gasteiger partial charge is 0.506 e. The fraction of sp³-hybridized carbons (Fsp3) is 0.167. The molecule has 0 aliphatic heterocycles. The molecule has 0 saturated carbocycles. The standard InChI is InChI=1S/C18H16O3/c1-3-21-18(20)16-13-9-8-11(2)10-15(13)12-6-4-5-7-14(12)17(16)19/h4-10,19H,3H2,1-2H3. The number of fused-ring (bicyclic) bond motifs is 3. The van der Waals surface area contributed by atoms with Gasteiger partial charge in [0.15, 0.2) is 0 Å². The highest BCUT2D eigenvalue weighted by Crippen LogP contribution is 2.37. The maximum atomic E-state index is 12.2. The second-order valence-corrected chi connectivity index (χ2v) is 5.04. The summed E-state index contributed by atoms with van der Waals surface area (Å²) >= 11 is 0. The molecule has 3 aromatic carbocycles. The summed E-state index contributed by atoms with van der Waals surface area (Å²) < 4.78 is 5.10. The molecule has 0 bridgehead atoms. The maximum absolute atomic E-state index is 12.2. The number of aryl methyl sites for hydroxylation is 1. The van der Waals surface area contributed by atoms with Gasteiger partial charge in [-0.25, -0.2) is 4.79 Å². The topological polar surface area (TPSA) is 46.5 Å². The highest BCUT2D eigenvalue weighted by Gasteiger charge is 2.20. The third-order valence-corrected chi connectivity index (χ3v) is 3.63. The maximum Gasteiger partial charge on any atom is 0.342 e. The van der Waals surface area contributed by atoms with E-state index < -0.39 is 5.97 Å². The molecule has 3 rings (SSSR count). The molecule has 3 heteroatoms. The van der Waals surface area contributed by atoms with Crippen LogP contribution in [0.1, 0.15) is 22.8 Å². The molecule has 0 amide bonds. The predicted octanol–water partition coefficient (Wildman–Crippen LogP) is 4.18. The van der Waals surface area contributed by atoms with E-state index in [0.29, 0.717) is 5.39 Å². The molecular formula is C18H16O3. The first kappa shape index (κ1) is 13.4. The summed E-state index contributed by atoms with van der Waals surface area (Å²) in [6, 6.07) is 13.4. The molecule has 0 spiro atoms. The Balaban J connectivity index is 2.49. The molecule has 3 nitrogen and oxygen atoms in total. The minimum Gasteiger partial charge on any atom is -0.506 e. The number of ether oxygens (including phenoxy) is 1. The molecular weight excluding hydrogens is 264 g/mol. The molecule has 0 saturated heterocycles. The third kappa shape index (κ3) is 2.11. The fourth-order valence-electron chi connectivity index (χ4n) is 2.70. The summed E-state index contributed by atoms with van der Waals surface area (Å²) in [5, 5.41) is 13.8. The van der Waals surface area contributed by atoms with E-state index in [-0.39, 0.29) is 17.9 Å². The van der Waals surface area contributed by atoms with Crippen LogP contribution in [0.4, 0.5) is 0 Å². The summed E-state index contributed by atoms with van der Waals surface area (Å²) in [5.74, 6) is -0.505. The van der Waals surface area contributed by atoms with E-state index in [2.05, 4.69) is 0 Å². The Labute approximate surface area is 122 Å². The third-order valence-electron chi connectivity index (χ3n) is 3.63. The molecule has 3 aromatic rings. The quantitative estimate of drug-likeness (QED) is 0.565. The summed E-state index contributed by atoms with van der Waals surface area (Å²) in [7, 11) is 0. The molecule has 0 fully saturated rings. The second kappa shape index (κ2) is 5.09. The lowest BCUT2D eigenvalue weighted by Gasteiger charge is -2.13. The normalized spacial score (nSPS) is 11.0. The summed E-state index contributed by atoms with van der Waals surface area (Å²) in [6.07, 6.45) is 0. The first-order valence-corrected chi connectivity index (χ1v) is 6.94. The lowest BCUT2D eigenvalue weighted by Crippen LogP contribution is -2.06. The fourth-order valence-corrected chi connectivity index (χ4v) is 2.70. The van der Waals surface area contributed by atoms with Crippen molar-refractivity contribution in [1.82, 2.24) is 0 Å². The number of phenols is 1. The van der Waals surface area contributed by atoms with Crippen molar-refractivity contribution in [3.63, 3.8) is 0 Å². The van der Waals surface area contributed by atoms with Crippen LogP contribution in [0.5, 0.6) is 5.75 Å². The van der Waals surface area contributed by atoms with Crippen LogP contribution in [0.15, 0.2) is 42.5 Å². The average Bonchev–Trinajstić information content (AvgIpc) is 2.48. The van der Waals surface area contributed by atoms with E-state index in [1.165, 1.54) is 0 Å². The number of phenolic OH excluding ortho intramolecular Hbond substituents is 1. The zero-order valence-electron chi connectivity index (χ0n) is 12.0. The summed E-state index contributed by atoms with van der Waals surface area (Å²) in [6.45, 7) is 4.03. The number of carbonyl (C=O) groups is 1. The SMILES string of the molecule is CCOC(=O)c1c(O)c2ccccc2c2cc(C)ccc12. The highest BCUT2D eigenvalue weighted by molar-refractivity contribution is 6.19. The number of hydrogen-bond acceptors (Lipinski definition) is 3. The van der Waals surface area contributed by atoms with Crippen LogP contribution in [0.25, 0.3) is 21.5 Å². The Morgan fingerprint density at radius 1 is 1.05 bits per heavy atom. The molecule has 0 aliphatic rings. The van der Waals surface area contributed by atoms with Gasteiger partial charge in [0.1, 0.15) is 11.3 Å². The minimum atomic E-state index is -0.491. The van der Waals surface area contributed by atoms with E-state index >= 15 is 0 Å². The smallest absolute Gasteiger partial charge is 0.342 e. The molecule has 0 unspecified atom stereocenters. The van der Waals surface area contributed by atoms with E-state index in [9.17, 15) is 9.90 Å². The monoisotopic (exact) mass is 280 g/mol.